The molecule has 2 aromatic rings. The van der Waals surface area contributed by atoms with E-state index in [4.69, 9.17) is 0 Å². The fourth-order valence-electron chi connectivity index (χ4n) is 4.59. The third kappa shape index (κ3) is 5.59. The number of phenolic OH excluding ortho intramolecular Hbond substituents is 2. The molecule has 2 N–H and O–H groups in total. The molecule has 0 saturated heterocycles. The molecule has 0 aliphatic carbocycles. The van der Waals surface area contributed by atoms with Gasteiger partial charge >= 0.3 is 0 Å². The van der Waals surface area contributed by atoms with E-state index in [1.54, 1.807) is 0 Å². The van der Waals surface area contributed by atoms with Crippen molar-refractivity contribution in [1.29, 1.82) is 0 Å². The predicted molar refractivity (Wildman–Crippen MR) is 129 cm³/mol. The Bertz CT molecular complexity index is 754. The molecule has 0 radical (unpaired) electrons. The van der Waals surface area contributed by atoms with Gasteiger partial charge in [-0.25, -0.2) is 0 Å². The number of hydrogen-bond donors (Lipinski definition) is 2. The van der Waals surface area contributed by atoms with Crippen molar-refractivity contribution in [2.45, 2.75) is 98.8 Å². The summed E-state index contributed by atoms with van der Waals surface area (Å²) in [6.45, 7) is 12.8. The van der Waals surface area contributed by atoms with Gasteiger partial charge in [-0.2, -0.15) is 0 Å². The van der Waals surface area contributed by atoms with E-state index in [9.17, 15) is 10.2 Å². The second-order valence-corrected chi connectivity index (χ2v) is 9.24. The second kappa shape index (κ2) is 11.4. The average Bonchev–Trinajstić information content (AvgIpc) is 2.71. The Balaban J connectivity index is 2.66. The molecule has 0 aromatic heterocycles. The van der Waals surface area contributed by atoms with Crippen LogP contribution in [0.3, 0.4) is 0 Å². The van der Waals surface area contributed by atoms with Gasteiger partial charge in [-0.05, 0) is 67.7 Å². The van der Waals surface area contributed by atoms with Crippen LogP contribution in [0.4, 0.5) is 0 Å². The fourth-order valence-corrected chi connectivity index (χ4v) is 4.59. The molecule has 0 atom stereocenters. The first kappa shape index (κ1) is 24.3. The van der Waals surface area contributed by atoms with Gasteiger partial charge in [0.1, 0.15) is 11.5 Å². The highest BCUT2D eigenvalue weighted by molar-refractivity contribution is 5.56. The number of rotatable bonds is 11. The van der Waals surface area contributed by atoms with E-state index in [0.717, 1.165) is 47.9 Å². The van der Waals surface area contributed by atoms with Crippen LogP contribution < -0.4 is 0 Å². The van der Waals surface area contributed by atoms with Crippen molar-refractivity contribution in [3.63, 3.8) is 0 Å². The van der Waals surface area contributed by atoms with Crippen molar-refractivity contribution < 1.29 is 10.2 Å². The molecule has 2 rings (SSSR count). The summed E-state index contributed by atoms with van der Waals surface area (Å²) >= 11 is 0. The molecule has 0 unspecified atom stereocenters. The standard InChI is InChI=1S/C28H42O2/c1-7-9-11-13-22-17-15-20(5)27(29)25(22)24(19(3)4)26-23(14-12-10-8-2)18-16-21(6)28(26)30/h15-19,24,29-30H,7-14H2,1-6H3. The van der Waals surface area contributed by atoms with Gasteiger partial charge < -0.3 is 10.2 Å². The molecular formula is C28H42O2. The summed E-state index contributed by atoms with van der Waals surface area (Å²) < 4.78 is 0. The summed E-state index contributed by atoms with van der Waals surface area (Å²) in [6, 6.07) is 8.46. The minimum absolute atomic E-state index is 0.0157. The molecule has 30 heavy (non-hydrogen) atoms. The maximum Gasteiger partial charge on any atom is 0.122 e. The largest absolute Gasteiger partial charge is 0.507 e. The van der Waals surface area contributed by atoms with Crippen LogP contribution in [0, 0.1) is 19.8 Å². The van der Waals surface area contributed by atoms with Crippen LogP contribution >= 0.6 is 0 Å². The molecule has 2 aromatic carbocycles. The maximum atomic E-state index is 11.2. The van der Waals surface area contributed by atoms with E-state index >= 15 is 0 Å². The number of unbranched alkanes of at least 4 members (excludes halogenated alkanes) is 4. The number of benzene rings is 2. The van der Waals surface area contributed by atoms with Gasteiger partial charge in [-0.1, -0.05) is 77.6 Å². The molecule has 0 saturated carbocycles. The third-order valence-corrected chi connectivity index (χ3v) is 6.41. The zero-order valence-corrected chi connectivity index (χ0v) is 20.0. The minimum Gasteiger partial charge on any atom is -0.507 e. The number of aromatic hydroxyl groups is 2. The third-order valence-electron chi connectivity index (χ3n) is 6.41. The molecule has 2 nitrogen and oxygen atoms in total. The highest BCUT2D eigenvalue weighted by Crippen LogP contribution is 2.46. The van der Waals surface area contributed by atoms with Crippen molar-refractivity contribution in [2.75, 3.05) is 0 Å². The van der Waals surface area contributed by atoms with Crippen LogP contribution in [0.5, 0.6) is 11.5 Å². The lowest BCUT2D eigenvalue weighted by Gasteiger charge is -2.29. The van der Waals surface area contributed by atoms with Crippen molar-refractivity contribution >= 4 is 0 Å². The first-order valence-corrected chi connectivity index (χ1v) is 12.0. The van der Waals surface area contributed by atoms with Gasteiger partial charge in [0.05, 0.1) is 0 Å². The van der Waals surface area contributed by atoms with Crippen LogP contribution in [-0.2, 0) is 12.8 Å². The van der Waals surface area contributed by atoms with Gasteiger partial charge in [0.2, 0.25) is 0 Å². The molecule has 0 heterocycles. The fraction of sp³-hybridized carbons (Fsp3) is 0.571. The highest BCUT2D eigenvalue weighted by atomic mass is 16.3. The number of phenols is 2. The minimum atomic E-state index is -0.0157. The molecular weight excluding hydrogens is 368 g/mol. The van der Waals surface area contributed by atoms with E-state index in [0.29, 0.717) is 11.5 Å². The van der Waals surface area contributed by atoms with Crippen molar-refractivity contribution in [1.82, 2.24) is 0 Å². The molecule has 0 spiro atoms. The van der Waals surface area contributed by atoms with Gasteiger partial charge in [0, 0.05) is 17.0 Å². The highest BCUT2D eigenvalue weighted by Gasteiger charge is 2.29. The molecule has 0 bridgehead atoms. The van der Waals surface area contributed by atoms with Crippen LogP contribution in [0.2, 0.25) is 0 Å². The van der Waals surface area contributed by atoms with Gasteiger partial charge in [-0.3, -0.25) is 0 Å². The normalized spacial score (nSPS) is 11.6. The summed E-state index contributed by atoms with van der Waals surface area (Å²) in [5.41, 5.74) is 6.33. The zero-order chi connectivity index (χ0) is 22.3. The summed E-state index contributed by atoms with van der Waals surface area (Å²) in [5.74, 6) is 1.06. The van der Waals surface area contributed by atoms with Gasteiger partial charge in [0.15, 0.2) is 0 Å². The number of hydrogen-bond acceptors (Lipinski definition) is 2. The average molecular weight is 411 g/mol. The zero-order valence-electron chi connectivity index (χ0n) is 20.0. The van der Waals surface area contributed by atoms with Gasteiger partial charge in [-0.15, -0.1) is 0 Å². The monoisotopic (exact) mass is 410 g/mol. The van der Waals surface area contributed by atoms with Crippen molar-refractivity contribution in [3.8, 4) is 11.5 Å². The summed E-state index contributed by atoms with van der Waals surface area (Å²) in [4.78, 5) is 0. The maximum absolute atomic E-state index is 11.2. The molecule has 2 heteroatoms. The lowest BCUT2D eigenvalue weighted by Crippen LogP contribution is -2.15. The molecule has 0 amide bonds. The summed E-state index contributed by atoms with van der Waals surface area (Å²) in [5, 5.41) is 22.4. The van der Waals surface area contributed by atoms with Gasteiger partial charge in [0.25, 0.3) is 0 Å². The Morgan fingerprint density at radius 1 is 0.667 bits per heavy atom. The van der Waals surface area contributed by atoms with Crippen LogP contribution in [0.1, 0.15) is 106 Å². The van der Waals surface area contributed by atoms with E-state index in [-0.39, 0.29) is 11.8 Å². The Morgan fingerprint density at radius 3 is 1.40 bits per heavy atom. The van der Waals surface area contributed by atoms with Crippen LogP contribution in [-0.4, -0.2) is 10.2 Å². The predicted octanol–water partition coefficient (Wildman–Crippen LogP) is 7.97. The molecule has 0 aliphatic heterocycles. The van der Waals surface area contributed by atoms with E-state index in [1.165, 1.54) is 36.8 Å². The first-order valence-electron chi connectivity index (χ1n) is 12.0. The first-order chi connectivity index (χ1) is 14.3. The van der Waals surface area contributed by atoms with E-state index < -0.39 is 0 Å². The Kier molecular flexibility index (Phi) is 9.27. The van der Waals surface area contributed by atoms with E-state index in [2.05, 4.69) is 39.8 Å². The summed E-state index contributed by atoms with van der Waals surface area (Å²) in [7, 11) is 0. The van der Waals surface area contributed by atoms with Crippen LogP contribution in [0.25, 0.3) is 0 Å². The molecule has 0 fully saturated rings. The second-order valence-electron chi connectivity index (χ2n) is 9.24. The Morgan fingerprint density at radius 2 is 1.07 bits per heavy atom. The van der Waals surface area contributed by atoms with Crippen molar-refractivity contribution in [3.05, 3.63) is 57.6 Å². The van der Waals surface area contributed by atoms with E-state index in [1.807, 2.05) is 26.0 Å². The Hall–Kier alpha value is -1.96. The number of aryl methyl sites for hydroxylation is 4. The topological polar surface area (TPSA) is 40.5 Å². The van der Waals surface area contributed by atoms with Crippen LogP contribution in [0.15, 0.2) is 24.3 Å². The molecule has 166 valence electrons. The quantitative estimate of drug-likeness (QED) is 0.369. The van der Waals surface area contributed by atoms with Crippen molar-refractivity contribution in [2.24, 2.45) is 5.92 Å². The lowest BCUT2D eigenvalue weighted by molar-refractivity contribution is 0.427. The lowest BCUT2D eigenvalue weighted by atomic mass is 9.75. The molecule has 0 aliphatic rings. The smallest absolute Gasteiger partial charge is 0.122 e. The SMILES string of the molecule is CCCCCc1ccc(C)c(O)c1C(c1c(CCCCC)ccc(C)c1O)C(C)C. The Labute approximate surface area is 184 Å². The summed E-state index contributed by atoms with van der Waals surface area (Å²) in [6.07, 6.45) is 8.94.